The molecule has 10 nitrogen and oxygen atoms in total. The molecule has 0 bridgehead atoms. The molecular weight excluding hydrogens is 599 g/mol. The van der Waals surface area contributed by atoms with Crippen LogP contribution in [0.15, 0.2) is 29.2 Å². The lowest BCUT2D eigenvalue weighted by Crippen LogP contribution is -2.46. The summed E-state index contributed by atoms with van der Waals surface area (Å²) in [4.78, 5) is 24.4. The Kier molecular flexibility index (Phi) is 9.32. The number of fused-ring (bicyclic) bond motifs is 1. The molecule has 3 N–H and O–H groups in total. The van der Waals surface area contributed by atoms with Crippen LogP contribution in [0, 0.1) is 11.6 Å². The number of sulfonamides is 1. The molecule has 0 radical (unpaired) electrons. The van der Waals surface area contributed by atoms with Crippen molar-refractivity contribution in [2.75, 3.05) is 29.9 Å². The van der Waals surface area contributed by atoms with Gasteiger partial charge in [0.15, 0.2) is 11.6 Å². The van der Waals surface area contributed by atoms with E-state index in [1.165, 1.54) is 21.6 Å². The van der Waals surface area contributed by atoms with Gasteiger partial charge in [0, 0.05) is 35.3 Å². The Balaban J connectivity index is 1.66. The zero-order chi connectivity index (χ0) is 31.9. The van der Waals surface area contributed by atoms with E-state index in [2.05, 4.69) is 15.3 Å². The first-order valence-corrected chi connectivity index (χ1v) is 15.2. The summed E-state index contributed by atoms with van der Waals surface area (Å²) >= 11 is 0. The largest absolute Gasteiger partial charge is 0.391 e. The van der Waals surface area contributed by atoms with Crippen molar-refractivity contribution < 1.29 is 35.5 Å². The smallest absolute Gasteiger partial charge is 0.390 e. The number of hydrogen-bond donors (Lipinski definition) is 3. The number of nitrogens with one attached hydrogen (secondary N) is 2. The highest BCUT2D eigenvalue weighted by Gasteiger charge is 2.32. The summed E-state index contributed by atoms with van der Waals surface area (Å²) in [5.74, 6) is -4.00. The fourth-order valence-electron chi connectivity index (χ4n) is 5.21. The van der Waals surface area contributed by atoms with Gasteiger partial charge < -0.3 is 15.3 Å². The van der Waals surface area contributed by atoms with E-state index in [0.29, 0.717) is 11.8 Å². The van der Waals surface area contributed by atoms with Gasteiger partial charge in [-0.15, -0.1) is 0 Å². The predicted molar refractivity (Wildman–Crippen MR) is 152 cm³/mol. The normalized spacial score (nSPS) is 19.8. The molecule has 0 amide bonds. The summed E-state index contributed by atoms with van der Waals surface area (Å²) in [7, 11) is -0.901. The number of anilines is 2. The third kappa shape index (κ3) is 7.59. The van der Waals surface area contributed by atoms with Crippen molar-refractivity contribution in [2.24, 2.45) is 0 Å². The van der Waals surface area contributed by atoms with Crippen LogP contribution in [-0.2, 0) is 10.0 Å². The van der Waals surface area contributed by atoms with Gasteiger partial charge in [0.2, 0.25) is 16.0 Å². The molecule has 3 atom stereocenters. The Morgan fingerprint density at radius 3 is 2.35 bits per heavy atom. The molecule has 43 heavy (non-hydrogen) atoms. The Morgan fingerprint density at radius 1 is 1.14 bits per heavy atom. The number of aliphatic hydroxyl groups is 1. The van der Waals surface area contributed by atoms with Crippen molar-refractivity contribution in [1.29, 1.82) is 0 Å². The Bertz CT molecular complexity index is 1640. The number of nitrogens with zero attached hydrogens (tertiary/aromatic N) is 4. The molecule has 3 aromatic rings. The van der Waals surface area contributed by atoms with Crippen molar-refractivity contribution in [3.8, 4) is 11.1 Å². The first-order chi connectivity index (χ1) is 20.0. The van der Waals surface area contributed by atoms with Gasteiger partial charge in [-0.3, -0.25) is 14.1 Å². The zero-order valence-corrected chi connectivity index (χ0v) is 24.7. The predicted octanol–water partition coefficient (Wildman–Crippen LogP) is 4.27. The molecule has 1 aliphatic rings. The quantitative estimate of drug-likeness (QED) is 0.299. The molecule has 0 saturated heterocycles. The average Bonchev–Trinajstić information content (AvgIpc) is 2.88. The van der Waals surface area contributed by atoms with Crippen LogP contribution in [0.25, 0.3) is 22.2 Å². The summed E-state index contributed by atoms with van der Waals surface area (Å²) in [6.07, 6.45) is -3.56. The molecule has 0 spiro atoms. The summed E-state index contributed by atoms with van der Waals surface area (Å²) < 4.78 is 94.1. The molecule has 1 unspecified atom stereocenters. The fraction of sp³-hybridized carbons (Fsp3) is 0.519. The molecule has 2 heterocycles. The van der Waals surface area contributed by atoms with E-state index in [1.807, 2.05) is 19.0 Å². The number of halogens is 5. The van der Waals surface area contributed by atoms with Gasteiger partial charge in [-0.25, -0.2) is 22.2 Å². The minimum atomic E-state index is -4.78. The molecule has 1 fully saturated rings. The van der Waals surface area contributed by atoms with Crippen molar-refractivity contribution >= 4 is 32.7 Å². The third-order valence-electron chi connectivity index (χ3n) is 7.33. The third-order valence-corrected chi connectivity index (χ3v) is 8.59. The van der Waals surface area contributed by atoms with Gasteiger partial charge in [0.05, 0.1) is 18.3 Å². The molecule has 1 aromatic carbocycles. The van der Waals surface area contributed by atoms with Gasteiger partial charge in [0.1, 0.15) is 11.3 Å². The SMILES string of the molecule is CC(C)n1c(=O)c(-c2cc(F)c(NS(=O)(=O)CCC(F)(F)F)c(F)c2)cc2cnc(N[C@@H]3CC[C@@H](N(C)C)C(O)C3)nc21. The molecule has 0 aliphatic heterocycles. The second-order valence-electron chi connectivity index (χ2n) is 11.2. The molecule has 1 saturated carbocycles. The van der Waals surface area contributed by atoms with Gasteiger partial charge in [0.25, 0.3) is 5.56 Å². The van der Waals surface area contributed by atoms with E-state index in [0.717, 1.165) is 25.0 Å². The molecule has 16 heteroatoms. The van der Waals surface area contributed by atoms with E-state index >= 15 is 0 Å². The van der Waals surface area contributed by atoms with E-state index in [9.17, 15) is 40.3 Å². The van der Waals surface area contributed by atoms with Gasteiger partial charge >= 0.3 is 6.18 Å². The van der Waals surface area contributed by atoms with Gasteiger partial charge in [-0.1, -0.05) is 0 Å². The number of benzene rings is 1. The lowest BCUT2D eigenvalue weighted by molar-refractivity contribution is -0.129. The van der Waals surface area contributed by atoms with Crippen LogP contribution in [0.1, 0.15) is 45.6 Å². The van der Waals surface area contributed by atoms with E-state index < -0.39 is 63.4 Å². The lowest BCUT2D eigenvalue weighted by Gasteiger charge is -2.37. The number of aromatic nitrogens is 3. The highest BCUT2D eigenvalue weighted by molar-refractivity contribution is 7.92. The molecule has 2 aromatic heterocycles. The zero-order valence-electron chi connectivity index (χ0n) is 23.9. The monoisotopic (exact) mass is 632 g/mol. The summed E-state index contributed by atoms with van der Waals surface area (Å²) in [6.45, 7) is 3.44. The molecule has 236 valence electrons. The number of hydrogen-bond acceptors (Lipinski definition) is 8. The van der Waals surface area contributed by atoms with Crippen LogP contribution in [0.3, 0.4) is 0 Å². The van der Waals surface area contributed by atoms with Crippen LogP contribution < -0.4 is 15.6 Å². The Labute approximate surface area is 245 Å². The second-order valence-corrected chi connectivity index (χ2v) is 13.0. The highest BCUT2D eigenvalue weighted by atomic mass is 32.2. The van der Waals surface area contributed by atoms with Crippen LogP contribution in [-0.4, -0.2) is 77.2 Å². The van der Waals surface area contributed by atoms with Crippen molar-refractivity contribution in [3.05, 3.63) is 46.4 Å². The van der Waals surface area contributed by atoms with E-state index in [1.54, 1.807) is 13.8 Å². The number of aliphatic hydroxyl groups excluding tert-OH is 1. The van der Waals surface area contributed by atoms with E-state index in [-0.39, 0.29) is 34.8 Å². The maximum absolute atomic E-state index is 14.9. The first-order valence-electron chi connectivity index (χ1n) is 13.6. The minimum Gasteiger partial charge on any atom is -0.391 e. The summed E-state index contributed by atoms with van der Waals surface area (Å²) in [5.41, 5.74) is -1.87. The van der Waals surface area contributed by atoms with Gasteiger partial charge in [-0.2, -0.15) is 18.2 Å². The Morgan fingerprint density at radius 2 is 1.79 bits per heavy atom. The van der Waals surface area contributed by atoms with Crippen molar-refractivity contribution in [2.45, 2.75) is 69.9 Å². The average molecular weight is 633 g/mol. The minimum absolute atomic E-state index is 0.0402. The van der Waals surface area contributed by atoms with Crippen LogP contribution in [0.4, 0.5) is 33.6 Å². The number of likely N-dealkylation sites (N-methyl/N-ethyl adjacent to an activating group) is 1. The fourth-order valence-corrected chi connectivity index (χ4v) is 6.31. The standard InChI is InChI=1S/C27H33F5N6O4S/c1-14(2)38-24-16(13-33-26(35-24)34-17-5-6-21(37(3)4)22(39)12-17)9-18(25(38)40)15-10-19(28)23(20(29)11-15)36-43(41,42)8-7-27(30,31)32/h9-11,13-14,17,21-22,36,39H,5-8,12H2,1-4H3,(H,33,34,35)/t17-,21-,22?/m1/s1. The summed E-state index contributed by atoms with van der Waals surface area (Å²) in [6, 6.07) is 2.31. The first kappa shape index (κ1) is 32.5. The Hall–Kier alpha value is -3.37. The molecule has 4 rings (SSSR count). The van der Waals surface area contributed by atoms with Crippen LogP contribution >= 0.6 is 0 Å². The number of rotatable bonds is 9. The van der Waals surface area contributed by atoms with Crippen molar-refractivity contribution in [1.82, 2.24) is 19.4 Å². The lowest BCUT2D eigenvalue weighted by atomic mass is 9.88. The molecule has 1 aliphatic carbocycles. The van der Waals surface area contributed by atoms with Gasteiger partial charge in [-0.05, 0) is 71.0 Å². The van der Waals surface area contributed by atoms with Crippen LogP contribution in [0.5, 0.6) is 0 Å². The summed E-state index contributed by atoms with van der Waals surface area (Å²) in [5, 5.41) is 14.1. The number of pyridine rings is 1. The molecular formula is C27H33F5N6O4S. The topological polar surface area (TPSA) is 129 Å². The second kappa shape index (κ2) is 12.3. The van der Waals surface area contributed by atoms with Crippen molar-refractivity contribution in [3.63, 3.8) is 0 Å². The highest BCUT2D eigenvalue weighted by Crippen LogP contribution is 2.30. The van der Waals surface area contributed by atoms with E-state index in [4.69, 9.17) is 0 Å². The maximum Gasteiger partial charge on any atom is 0.390 e. The van der Waals surface area contributed by atoms with Crippen LogP contribution in [0.2, 0.25) is 0 Å². The maximum atomic E-state index is 14.9. The number of alkyl halides is 3.